The summed E-state index contributed by atoms with van der Waals surface area (Å²) in [5, 5.41) is 21.4. The topological polar surface area (TPSA) is 222 Å². The summed E-state index contributed by atoms with van der Waals surface area (Å²) >= 11 is 3.87. The number of thiol groups is 1. The first-order chi connectivity index (χ1) is 9.27. The van der Waals surface area contributed by atoms with Gasteiger partial charge in [-0.05, 0) is 6.42 Å². The Morgan fingerprint density at radius 3 is 2.09 bits per heavy atom. The van der Waals surface area contributed by atoms with Crippen LogP contribution in [0, 0.1) is 0 Å². The lowest BCUT2D eigenvalue weighted by Gasteiger charge is -2.16. The van der Waals surface area contributed by atoms with E-state index in [9.17, 15) is 19.2 Å². The Labute approximate surface area is 131 Å². The molecule has 0 rings (SSSR count). The van der Waals surface area contributed by atoms with E-state index in [1.165, 1.54) is 0 Å². The molecule has 2 atom stereocenters. The van der Waals surface area contributed by atoms with Gasteiger partial charge in [0.1, 0.15) is 18.6 Å². The molecule has 0 saturated heterocycles. The van der Waals surface area contributed by atoms with Gasteiger partial charge in [0, 0.05) is 12.2 Å². The molecule has 11 nitrogen and oxygen atoms in total. The number of carbonyl (C=O) groups excluding carboxylic acids is 2. The number of nitrogens with one attached hydrogen (secondary N) is 2. The Balaban J connectivity index is -0.00000180. The number of hydrogen-bond donors (Lipinski definition) is 6. The van der Waals surface area contributed by atoms with E-state index in [0.29, 0.717) is 0 Å². The van der Waals surface area contributed by atoms with E-state index in [1.807, 2.05) is 0 Å². The fraction of sp³-hybridized carbons (Fsp3) is 0.600. The number of carboxylic acids is 2. The van der Waals surface area contributed by atoms with Gasteiger partial charge in [-0.15, -0.1) is 0 Å². The van der Waals surface area contributed by atoms with E-state index in [-0.39, 0.29) is 29.5 Å². The van der Waals surface area contributed by atoms with Crippen LogP contribution in [-0.4, -0.2) is 69.3 Å². The number of nitrogens with two attached hydrogens (primary N) is 1. The van der Waals surface area contributed by atoms with E-state index in [1.54, 1.807) is 0 Å². The van der Waals surface area contributed by atoms with Gasteiger partial charge in [0.15, 0.2) is 0 Å². The average Bonchev–Trinajstić information content (AvgIpc) is 2.38. The van der Waals surface area contributed by atoms with Gasteiger partial charge in [-0.25, -0.2) is 0 Å². The minimum absolute atomic E-state index is 0. The summed E-state index contributed by atoms with van der Waals surface area (Å²) in [5.41, 5.74) is 5.23. The lowest BCUT2D eigenvalue weighted by molar-refractivity contribution is -0.139. The molecule has 0 aliphatic heterocycles. The Morgan fingerprint density at radius 1 is 1.14 bits per heavy atom. The zero-order chi connectivity index (χ0) is 15.7. The predicted octanol–water partition coefficient (Wildman–Crippen LogP) is -3.86. The molecule has 0 saturated carbocycles. The molecule has 0 radical (unpaired) electrons. The van der Waals surface area contributed by atoms with Crippen LogP contribution in [0.4, 0.5) is 0 Å². The van der Waals surface area contributed by atoms with Crippen molar-refractivity contribution in [2.24, 2.45) is 5.73 Å². The van der Waals surface area contributed by atoms with Crippen LogP contribution in [-0.2, 0) is 19.2 Å². The molecule has 0 aromatic carbocycles. The summed E-state index contributed by atoms with van der Waals surface area (Å²) in [4.78, 5) is 43.7. The van der Waals surface area contributed by atoms with Crippen molar-refractivity contribution in [3.63, 3.8) is 0 Å². The van der Waals surface area contributed by atoms with Crippen LogP contribution in [0.1, 0.15) is 12.8 Å². The normalized spacial score (nSPS) is 11.9. The van der Waals surface area contributed by atoms with Gasteiger partial charge >= 0.3 is 11.9 Å². The molecule has 0 aliphatic carbocycles. The summed E-state index contributed by atoms with van der Waals surface area (Å²) in [6.45, 7) is -0.567. The quantitative estimate of drug-likeness (QED) is 0.228. The third-order valence-corrected chi connectivity index (χ3v) is 2.61. The number of hydrogen-bond acceptors (Lipinski definition) is 6. The summed E-state index contributed by atoms with van der Waals surface area (Å²) in [5.74, 6) is -3.70. The Kier molecular flexibility index (Phi) is 14.6. The highest BCUT2D eigenvalue weighted by molar-refractivity contribution is 7.80. The molecule has 0 aromatic heterocycles. The van der Waals surface area contributed by atoms with Crippen molar-refractivity contribution in [3.8, 4) is 0 Å². The predicted molar refractivity (Wildman–Crippen MR) is 78.5 cm³/mol. The monoisotopic (exact) mass is 343 g/mol. The molecule has 0 bridgehead atoms. The van der Waals surface area contributed by atoms with Crippen LogP contribution in [0.5, 0.6) is 0 Å². The Hall–Kier alpha value is -1.89. The summed E-state index contributed by atoms with van der Waals surface area (Å²) in [7, 11) is 0. The van der Waals surface area contributed by atoms with Crippen molar-refractivity contribution in [2.45, 2.75) is 24.9 Å². The van der Waals surface area contributed by atoms with Crippen molar-refractivity contribution in [1.82, 2.24) is 10.6 Å². The van der Waals surface area contributed by atoms with Crippen molar-refractivity contribution in [3.05, 3.63) is 0 Å². The fourth-order valence-corrected chi connectivity index (χ4v) is 1.41. The summed E-state index contributed by atoms with van der Waals surface area (Å²) in [6, 6.07) is -2.15. The number of aliphatic carboxylic acids is 2. The van der Waals surface area contributed by atoms with Gasteiger partial charge in [0.25, 0.3) is 0 Å². The van der Waals surface area contributed by atoms with Gasteiger partial charge in [-0.1, -0.05) is 0 Å². The number of carboxylic acid groups (broad SMARTS) is 2. The highest BCUT2D eigenvalue weighted by atomic mass is 32.1. The first-order valence-electron chi connectivity index (χ1n) is 5.66. The van der Waals surface area contributed by atoms with Crippen molar-refractivity contribution >= 4 is 36.4 Å². The molecule has 0 heterocycles. The lowest BCUT2D eigenvalue weighted by Crippen LogP contribution is -2.49. The number of carbonyl (C=O) groups is 4. The number of rotatable bonds is 9. The molecular weight excluding hydrogens is 322 g/mol. The van der Waals surface area contributed by atoms with Gasteiger partial charge in [-0.3, -0.25) is 19.2 Å². The molecule has 0 spiro atoms. The largest absolute Gasteiger partial charge is 0.480 e. The van der Waals surface area contributed by atoms with Crippen LogP contribution in [0.25, 0.3) is 0 Å². The van der Waals surface area contributed by atoms with Gasteiger partial charge < -0.3 is 37.5 Å². The smallest absolute Gasteiger partial charge is 0.322 e. The second kappa shape index (κ2) is 12.8. The fourth-order valence-electron chi connectivity index (χ4n) is 1.16. The first-order valence-corrected chi connectivity index (χ1v) is 6.29. The van der Waals surface area contributed by atoms with Crippen LogP contribution in [0.15, 0.2) is 0 Å². The van der Waals surface area contributed by atoms with Crippen LogP contribution in [0.2, 0.25) is 0 Å². The molecule has 0 unspecified atom stereocenters. The van der Waals surface area contributed by atoms with E-state index in [0.717, 1.165) is 0 Å². The standard InChI is InChI=1S/C10H17N3O6S.2H2O/c11-5(10(18)19)1-2-7(14)13-6(4-20)9(17)12-3-8(15)16;;/h5-6,20H,1-4,11H2,(H,12,17)(H,13,14)(H,15,16)(H,18,19);2*1H2/t5-,6-;;/m0../s1. The average molecular weight is 343 g/mol. The molecule has 2 amide bonds. The maximum absolute atomic E-state index is 11.5. The van der Waals surface area contributed by atoms with Crippen LogP contribution < -0.4 is 16.4 Å². The van der Waals surface area contributed by atoms with Crippen molar-refractivity contribution in [2.75, 3.05) is 12.3 Å². The third-order valence-electron chi connectivity index (χ3n) is 2.25. The molecule has 0 aromatic rings. The molecule has 12 heteroatoms. The molecule has 0 aliphatic rings. The Morgan fingerprint density at radius 2 is 1.68 bits per heavy atom. The lowest BCUT2D eigenvalue weighted by atomic mass is 10.1. The zero-order valence-corrected chi connectivity index (χ0v) is 12.4. The van der Waals surface area contributed by atoms with E-state index in [2.05, 4.69) is 23.3 Å². The van der Waals surface area contributed by atoms with E-state index >= 15 is 0 Å². The molecule has 22 heavy (non-hydrogen) atoms. The van der Waals surface area contributed by atoms with Gasteiger partial charge in [0.05, 0.1) is 0 Å². The Bertz CT molecular complexity index is 392. The van der Waals surface area contributed by atoms with Crippen LogP contribution >= 0.6 is 12.6 Å². The highest BCUT2D eigenvalue weighted by Crippen LogP contribution is 1.97. The molecular formula is C10H21N3O8S. The van der Waals surface area contributed by atoms with Crippen molar-refractivity contribution < 1.29 is 40.3 Å². The second-order valence-corrected chi connectivity index (χ2v) is 4.26. The van der Waals surface area contributed by atoms with E-state index < -0.39 is 42.4 Å². The first kappa shape index (κ1) is 25.1. The SMILES string of the molecule is N[C@@H](CCC(=O)N[C@@H](CS)C(=O)NCC(=O)O)C(=O)O.O.O. The minimum Gasteiger partial charge on any atom is -0.480 e. The number of amides is 2. The van der Waals surface area contributed by atoms with Crippen LogP contribution in [0.3, 0.4) is 0 Å². The molecule has 130 valence electrons. The third kappa shape index (κ3) is 10.8. The second-order valence-electron chi connectivity index (χ2n) is 3.90. The summed E-state index contributed by atoms with van der Waals surface area (Å²) in [6.07, 6.45) is -0.235. The van der Waals surface area contributed by atoms with Crippen molar-refractivity contribution in [1.29, 1.82) is 0 Å². The maximum Gasteiger partial charge on any atom is 0.322 e. The zero-order valence-electron chi connectivity index (χ0n) is 11.5. The van der Waals surface area contributed by atoms with Gasteiger partial charge in [-0.2, -0.15) is 12.6 Å². The molecule has 10 N–H and O–H groups in total. The summed E-state index contributed by atoms with van der Waals surface area (Å²) < 4.78 is 0. The maximum atomic E-state index is 11.5. The van der Waals surface area contributed by atoms with Gasteiger partial charge in [0.2, 0.25) is 11.8 Å². The molecule has 0 fully saturated rings. The van der Waals surface area contributed by atoms with E-state index in [4.69, 9.17) is 15.9 Å². The highest BCUT2D eigenvalue weighted by Gasteiger charge is 2.20. The minimum atomic E-state index is -1.22.